The fourth-order valence-electron chi connectivity index (χ4n) is 2.63. The first kappa shape index (κ1) is 22.5. The van der Waals surface area contributed by atoms with Crippen LogP contribution in [0.2, 0.25) is 0 Å². The molecule has 0 fully saturated rings. The van der Waals surface area contributed by atoms with Crippen molar-refractivity contribution < 1.29 is 19.2 Å². The molecule has 0 bridgehead atoms. The number of ether oxygens (including phenoxy) is 1. The fraction of sp³-hybridized carbons (Fsp3) is 0.450. The van der Waals surface area contributed by atoms with E-state index < -0.39 is 10.9 Å². The minimum Gasteiger partial charge on any atom is -0.461 e. The second-order valence-corrected chi connectivity index (χ2v) is 7.96. The van der Waals surface area contributed by atoms with Crippen LogP contribution in [0.1, 0.15) is 58.6 Å². The van der Waals surface area contributed by atoms with Gasteiger partial charge in [-0.1, -0.05) is 19.9 Å². The molecule has 0 aliphatic rings. The Balaban J connectivity index is 2.26. The number of esters is 1. The van der Waals surface area contributed by atoms with Crippen molar-refractivity contribution in [2.75, 3.05) is 13.2 Å². The Labute approximate surface area is 173 Å². The third kappa shape index (κ3) is 6.08. The largest absolute Gasteiger partial charge is 0.461 e. The summed E-state index contributed by atoms with van der Waals surface area (Å²) in [6, 6.07) is 4.49. The number of thiazole rings is 1. The maximum atomic E-state index is 13.1. The zero-order valence-electron chi connectivity index (χ0n) is 17.0. The summed E-state index contributed by atoms with van der Waals surface area (Å²) >= 11 is 1.28. The summed E-state index contributed by atoms with van der Waals surface area (Å²) in [5.41, 5.74) is 0.889. The van der Waals surface area contributed by atoms with Crippen LogP contribution in [-0.2, 0) is 11.3 Å². The number of carbonyl (C=O) groups excluding carboxylic acids is 2. The second kappa shape index (κ2) is 10.1. The SMILES string of the molecule is CCOC(=O)c1csc(CN(CCC(C)C)C(=O)c2ccc(C)c([N+](=O)[O-])c2)n1. The maximum absolute atomic E-state index is 13.1. The molecule has 2 rings (SSSR count). The van der Waals surface area contributed by atoms with E-state index in [0.29, 0.717) is 23.0 Å². The van der Waals surface area contributed by atoms with Gasteiger partial charge < -0.3 is 9.64 Å². The number of nitro benzene ring substituents is 1. The highest BCUT2D eigenvalue weighted by Gasteiger charge is 2.22. The van der Waals surface area contributed by atoms with Gasteiger partial charge in [0.2, 0.25) is 0 Å². The van der Waals surface area contributed by atoms with Crippen LogP contribution < -0.4 is 0 Å². The topological polar surface area (TPSA) is 103 Å². The molecule has 0 aliphatic carbocycles. The number of aromatic nitrogens is 1. The van der Waals surface area contributed by atoms with E-state index in [2.05, 4.69) is 18.8 Å². The molecule has 9 heteroatoms. The van der Waals surface area contributed by atoms with Gasteiger partial charge in [-0.15, -0.1) is 11.3 Å². The summed E-state index contributed by atoms with van der Waals surface area (Å²) in [7, 11) is 0. The first-order valence-electron chi connectivity index (χ1n) is 9.38. The van der Waals surface area contributed by atoms with Crippen LogP contribution in [0.4, 0.5) is 5.69 Å². The van der Waals surface area contributed by atoms with Gasteiger partial charge in [-0.3, -0.25) is 14.9 Å². The molecular formula is C20H25N3O5S. The summed E-state index contributed by atoms with van der Waals surface area (Å²) in [5, 5.41) is 13.4. The van der Waals surface area contributed by atoms with Crippen LogP contribution in [0.15, 0.2) is 23.6 Å². The summed E-state index contributed by atoms with van der Waals surface area (Å²) in [6.07, 6.45) is 0.774. The van der Waals surface area contributed by atoms with Gasteiger partial charge in [0.05, 0.1) is 18.1 Å². The number of hydrogen-bond donors (Lipinski definition) is 0. The molecule has 1 heterocycles. The predicted octanol–water partition coefficient (Wildman–Crippen LogP) is 4.22. The van der Waals surface area contributed by atoms with E-state index >= 15 is 0 Å². The Bertz CT molecular complexity index is 894. The van der Waals surface area contributed by atoms with Gasteiger partial charge in [-0.25, -0.2) is 9.78 Å². The lowest BCUT2D eigenvalue weighted by atomic mass is 10.1. The van der Waals surface area contributed by atoms with Crippen LogP contribution in [0.25, 0.3) is 0 Å². The van der Waals surface area contributed by atoms with Crippen molar-refractivity contribution >= 4 is 28.9 Å². The minimum absolute atomic E-state index is 0.0847. The lowest BCUT2D eigenvalue weighted by Gasteiger charge is -2.23. The molecule has 0 unspecified atom stereocenters. The summed E-state index contributed by atoms with van der Waals surface area (Å²) in [5.74, 6) is -0.421. The fourth-order valence-corrected chi connectivity index (χ4v) is 3.41. The third-order valence-electron chi connectivity index (χ3n) is 4.28. The number of nitro groups is 1. The van der Waals surface area contributed by atoms with E-state index in [9.17, 15) is 19.7 Å². The van der Waals surface area contributed by atoms with Gasteiger partial charge in [0, 0.05) is 29.1 Å². The van der Waals surface area contributed by atoms with Crippen molar-refractivity contribution in [3.05, 3.63) is 55.5 Å². The second-order valence-electron chi connectivity index (χ2n) is 7.01. The zero-order chi connectivity index (χ0) is 21.6. The van der Waals surface area contributed by atoms with Crippen LogP contribution >= 0.6 is 11.3 Å². The minimum atomic E-state index is -0.496. The van der Waals surface area contributed by atoms with Crippen molar-refractivity contribution in [3.8, 4) is 0 Å². The number of carbonyl (C=O) groups is 2. The normalized spacial score (nSPS) is 10.8. The Hall–Kier alpha value is -2.81. The summed E-state index contributed by atoms with van der Waals surface area (Å²) in [4.78, 5) is 41.5. The van der Waals surface area contributed by atoms with Crippen LogP contribution in [0.3, 0.4) is 0 Å². The van der Waals surface area contributed by atoms with Gasteiger partial charge in [-0.05, 0) is 32.3 Å². The van der Waals surface area contributed by atoms with Crippen LogP contribution in [-0.4, -0.2) is 39.8 Å². The molecule has 1 aromatic heterocycles. The molecule has 0 saturated heterocycles. The molecule has 1 amide bonds. The number of nitrogens with zero attached hydrogens (tertiary/aromatic N) is 3. The van der Waals surface area contributed by atoms with E-state index in [0.717, 1.165) is 6.42 Å². The van der Waals surface area contributed by atoms with Crippen LogP contribution in [0.5, 0.6) is 0 Å². The smallest absolute Gasteiger partial charge is 0.357 e. The Kier molecular flexibility index (Phi) is 7.83. The molecule has 29 heavy (non-hydrogen) atoms. The van der Waals surface area contributed by atoms with Gasteiger partial charge in [0.25, 0.3) is 11.6 Å². The number of rotatable bonds is 9. The number of aryl methyl sites for hydroxylation is 1. The van der Waals surface area contributed by atoms with Gasteiger partial charge >= 0.3 is 5.97 Å². The molecule has 0 radical (unpaired) electrons. The average molecular weight is 420 g/mol. The highest BCUT2D eigenvalue weighted by Crippen LogP contribution is 2.22. The Morgan fingerprint density at radius 2 is 2.07 bits per heavy atom. The number of benzene rings is 1. The molecule has 0 saturated carbocycles. The lowest BCUT2D eigenvalue weighted by molar-refractivity contribution is -0.385. The van der Waals surface area contributed by atoms with Gasteiger partial charge in [-0.2, -0.15) is 0 Å². The molecule has 2 aromatic rings. The number of amides is 1. The molecular weight excluding hydrogens is 394 g/mol. The highest BCUT2D eigenvalue weighted by molar-refractivity contribution is 7.09. The predicted molar refractivity (Wildman–Crippen MR) is 110 cm³/mol. The van der Waals surface area contributed by atoms with E-state index in [-0.39, 0.29) is 36.0 Å². The van der Waals surface area contributed by atoms with E-state index in [1.165, 1.54) is 17.4 Å². The van der Waals surface area contributed by atoms with Crippen molar-refractivity contribution in [2.45, 2.75) is 40.7 Å². The first-order chi connectivity index (χ1) is 13.7. The molecule has 8 nitrogen and oxygen atoms in total. The maximum Gasteiger partial charge on any atom is 0.357 e. The van der Waals surface area contributed by atoms with E-state index in [1.807, 2.05) is 0 Å². The summed E-state index contributed by atoms with van der Waals surface area (Å²) < 4.78 is 4.95. The van der Waals surface area contributed by atoms with Crippen LogP contribution in [0, 0.1) is 23.0 Å². The van der Waals surface area contributed by atoms with Gasteiger partial charge in [0.15, 0.2) is 5.69 Å². The molecule has 1 aromatic carbocycles. The quantitative estimate of drug-likeness (QED) is 0.342. The molecule has 0 N–H and O–H groups in total. The van der Waals surface area contributed by atoms with E-state index in [4.69, 9.17) is 4.74 Å². The van der Waals surface area contributed by atoms with Gasteiger partial charge in [0.1, 0.15) is 5.01 Å². The molecule has 0 atom stereocenters. The molecule has 156 valence electrons. The van der Waals surface area contributed by atoms with Crippen molar-refractivity contribution in [1.82, 2.24) is 9.88 Å². The monoisotopic (exact) mass is 419 g/mol. The Morgan fingerprint density at radius 3 is 2.69 bits per heavy atom. The average Bonchev–Trinajstić information content (AvgIpc) is 3.13. The van der Waals surface area contributed by atoms with Crippen molar-refractivity contribution in [2.24, 2.45) is 5.92 Å². The van der Waals surface area contributed by atoms with Crippen molar-refractivity contribution in [1.29, 1.82) is 0 Å². The zero-order valence-corrected chi connectivity index (χ0v) is 17.8. The first-order valence-corrected chi connectivity index (χ1v) is 10.3. The van der Waals surface area contributed by atoms with Crippen molar-refractivity contribution in [3.63, 3.8) is 0 Å². The lowest BCUT2D eigenvalue weighted by Crippen LogP contribution is -2.32. The third-order valence-corrected chi connectivity index (χ3v) is 5.11. The summed E-state index contributed by atoms with van der Waals surface area (Å²) in [6.45, 7) is 8.43. The highest BCUT2D eigenvalue weighted by atomic mass is 32.1. The standard InChI is InChI=1S/C20H25N3O5S/c1-5-28-20(25)16-12-29-18(21-16)11-22(9-8-13(2)3)19(24)15-7-6-14(4)17(10-15)23(26)27/h6-7,10,12-13H,5,8-9,11H2,1-4H3. The van der Waals surface area contributed by atoms with E-state index in [1.54, 1.807) is 36.3 Å². The molecule has 0 aliphatic heterocycles. The molecule has 0 spiro atoms. The number of hydrogen-bond acceptors (Lipinski definition) is 7. The Morgan fingerprint density at radius 1 is 1.34 bits per heavy atom.